The van der Waals surface area contributed by atoms with Gasteiger partial charge in [-0.05, 0) is 36.8 Å². The van der Waals surface area contributed by atoms with Crippen molar-refractivity contribution in [2.75, 3.05) is 17.7 Å². The second-order valence-electron chi connectivity index (χ2n) is 5.80. The van der Waals surface area contributed by atoms with Gasteiger partial charge in [-0.25, -0.2) is 23.1 Å². The zero-order chi connectivity index (χ0) is 20.3. The van der Waals surface area contributed by atoms with Crippen LogP contribution in [0.25, 0.3) is 0 Å². The first-order valence-electron chi connectivity index (χ1n) is 8.07. The van der Waals surface area contributed by atoms with Crippen molar-refractivity contribution in [1.29, 1.82) is 0 Å². The number of nitrogens with one attached hydrogen (secondary N) is 2. The summed E-state index contributed by atoms with van der Waals surface area (Å²) in [7, 11) is 1.53. The summed E-state index contributed by atoms with van der Waals surface area (Å²) in [5.74, 6) is -4.48. The molecule has 0 saturated heterocycles. The summed E-state index contributed by atoms with van der Waals surface area (Å²) in [6.45, 7) is 1.91. The summed E-state index contributed by atoms with van der Waals surface area (Å²) in [4.78, 5) is 20.2. The highest BCUT2D eigenvalue weighted by Crippen LogP contribution is 2.27. The number of aromatic nitrogens is 2. The Balaban J connectivity index is 1.75. The lowest BCUT2D eigenvalue weighted by Crippen LogP contribution is -2.15. The van der Waals surface area contributed by atoms with Crippen LogP contribution in [-0.2, 0) is 0 Å². The fourth-order valence-electron chi connectivity index (χ4n) is 2.37. The summed E-state index contributed by atoms with van der Waals surface area (Å²) in [6.07, 6.45) is 2.43. The van der Waals surface area contributed by atoms with Crippen molar-refractivity contribution in [1.82, 2.24) is 9.97 Å². The van der Waals surface area contributed by atoms with Crippen LogP contribution < -0.4 is 15.4 Å². The first-order chi connectivity index (χ1) is 13.4. The summed E-state index contributed by atoms with van der Waals surface area (Å²) in [5.41, 5.74) is 1.15. The van der Waals surface area contributed by atoms with Crippen molar-refractivity contribution in [3.8, 4) is 5.75 Å². The van der Waals surface area contributed by atoms with E-state index in [1.165, 1.54) is 19.5 Å². The maximum absolute atomic E-state index is 13.7. The first kappa shape index (κ1) is 19.2. The van der Waals surface area contributed by atoms with Gasteiger partial charge in [0.15, 0.2) is 17.5 Å². The molecular formula is C19H15F3N4O2. The number of anilines is 3. The van der Waals surface area contributed by atoms with Crippen LogP contribution in [0.1, 0.15) is 15.9 Å². The van der Waals surface area contributed by atoms with E-state index in [1.54, 1.807) is 6.07 Å². The number of amides is 1. The normalized spacial score (nSPS) is 10.5. The molecule has 0 aliphatic rings. The molecule has 0 atom stereocenters. The Morgan fingerprint density at radius 1 is 1.00 bits per heavy atom. The molecule has 28 heavy (non-hydrogen) atoms. The number of ether oxygens (including phenoxy) is 1. The van der Waals surface area contributed by atoms with Gasteiger partial charge < -0.3 is 15.4 Å². The molecule has 0 spiro atoms. The van der Waals surface area contributed by atoms with Crippen molar-refractivity contribution in [3.05, 3.63) is 71.3 Å². The van der Waals surface area contributed by atoms with Crippen LogP contribution in [0.15, 0.2) is 42.7 Å². The molecule has 0 saturated carbocycles. The van der Waals surface area contributed by atoms with Gasteiger partial charge in [-0.3, -0.25) is 4.79 Å². The van der Waals surface area contributed by atoms with E-state index in [9.17, 15) is 18.0 Å². The van der Waals surface area contributed by atoms with Crippen molar-refractivity contribution < 1.29 is 22.7 Å². The van der Waals surface area contributed by atoms with E-state index >= 15 is 0 Å². The van der Waals surface area contributed by atoms with E-state index in [0.717, 1.165) is 11.6 Å². The number of benzene rings is 2. The molecule has 6 nitrogen and oxygen atoms in total. The second kappa shape index (κ2) is 7.95. The molecule has 2 aromatic carbocycles. The Hall–Kier alpha value is -3.62. The van der Waals surface area contributed by atoms with Gasteiger partial charge >= 0.3 is 0 Å². The van der Waals surface area contributed by atoms with Gasteiger partial charge in [-0.1, -0.05) is 6.07 Å². The van der Waals surface area contributed by atoms with Gasteiger partial charge in [0.2, 0.25) is 5.95 Å². The molecule has 0 bridgehead atoms. The minimum Gasteiger partial charge on any atom is -0.495 e. The fourth-order valence-corrected chi connectivity index (χ4v) is 2.37. The van der Waals surface area contributed by atoms with Crippen LogP contribution in [0.4, 0.5) is 30.5 Å². The Bertz CT molecular complexity index is 1030. The number of carbonyl (C=O) groups is 1. The van der Waals surface area contributed by atoms with Gasteiger partial charge in [0.05, 0.1) is 24.0 Å². The summed E-state index contributed by atoms with van der Waals surface area (Å²) in [5, 5.41) is 5.12. The summed E-state index contributed by atoms with van der Waals surface area (Å²) < 4.78 is 45.1. The molecule has 1 heterocycles. The third-order valence-electron chi connectivity index (χ3n) is 3.80. The van der Waals surface area contributed by atoms with Gasteiger partial charge in [0.25, 0.3) is 5.91 Å². The third-order valence-corrected chi connectivity index (χ3v) is 3.80. The lowest BCUT2D eigenvalue weighted by atomic mass is 10.2. The zero-order valence-electron chi connectivity index (χ0n) is 14.9. The van der Waals surface area contributed by atoms with Crippen LogP contribution in [0, 0.1) is 24.4 Å². The van der Waals surface area contributed by atoms with E-state index < -0.39 is 29.0 Å². The van der Waals surface area contributed by atoms with Crippen molar-refractivity contribution in [3.63, 3.8) is 0 Å². The molecule has 1 amide bonds. The van der Waals surface area contributed by atoms with E-state index in [2.05, 4.69) is 20.6 Å². The minimum atomic E-state index is -1.67. The number of halogens is 3. The van der Waals surface area contributed by atoms with Crippen LogP contribution in [0.3, 0.4) is 0 Å². The van der Waals surface area contributed by atoms with Crippen LogP contribution in [0.5, 0.6) is 5.75 Å². The van der Waals surface area contributed by atoms with E-state index in [0.29, 0.717) is 17.5 Å². The average molecular weight is 388 g/mol. The van der Waals surface area contributed by atoms with Crippen molar-refractivity contribution >= 4 is 23.2 Å². The maximum atomic E-state index is 13.7. The second-order valence-corrected chi connectivity index (χ2v) is 5.80. The van der Waals surface area contributed by atoms with Gasteiger partial charge in [-0.15, -0.1) is 0 Å². The van der Waals surface area contributed by atoms with Gasteiger partial charge in [-0.2, -0.15) is 0 Å². The van der Waals surface area contributed by atoms with E-state index in [1.807, 2.05) is 19.1 Å². The first-order valence-corrected chi connectivity index (χ1v) is 8.07. The summed E-state index contributed by atoms with van der Waals surface area (Å²) in [6, 6.07) is 7.15. The lowest BCUT2D eigenvalue weighted by Gasteiger charge is -2.11. The summed E-state index contributed by atoms with van der Waals surface area (Å²) >= 11 is 0. The molecule has 3 rings (SSSR count). The largest absolute Gasteiger partial charge is 0.495 e. The highest BCUT2D eigenvalue weighted by atomic mass is 19.2. The number of nitrogens with zero attached hydrogens (tertiary/aromatic N) is 2. The highest BCUT2D eigenvalue weighted by Gasteiger charge is 2.16. The quantitative estimate of drug-likeness (QED) is 0.641. The lowest BCUT2D eigenvalue weighted by molar-refractivity contribution is 0.102. The van der Waals surface area contributed by atoms with E-state index in [-0.39, 0.29) is 11.5 Å². The number of rotatable bonds is 5. The predicted molar refractivity (Wildman–Crippen MR) is 97.3 cm³/mol. The molecule has 3 aromatic rings. The smallest absolute Gasteiger partial charge is 0.258 e. The maximum Gasteiger partial charge on any atom is 0.258 e. The molecule has 9 heteroatoms. The van der Waals surface area contributed by atoms with Crippen LogP contribution in [-0.4, -0.2) is 23.0 Å². The number of methoxy groups -OCH3 is 1. The zero-order valence-corrected chi connectivity index (χ0v) is 14.9. The topological polar surface area (TPSA) is 76.1 Å². The van der Waals surface area contributed by atoms with Crippen LogP contribution in [0.2, 0.25) is 0 Å². The van der Waals surface area contributed by atoms with Gasteiger partial charge in [0.1, 0.15) is 5.75 Å². The minimum absolute atomic E-state index is 0.00545. The average Bonchev–Trinajstić information content (AvgIpc) is 2.69. The molecular weight excluding hydrogens is 373 g/mol. The highest BCUT2D eigenvalue weighted by molar-refractivity contribution is 6.04. The van der Waals surface area contributed by atoms with Crippen LogP contribution >= 0.6 is 0 Å². The number of carbonyl (C=O) groups excluding carboxylic acids is 1. The van der Waals surface area contributed by atoms with E-state index in [4.69, 9.17) is 4.74 Å². The fraction of sp³-hybridized carbons (Fsp3) is 0.105. The Morgan fingerprint density at radius 3 is 2.39 bits per heavy atom. The molecule has 0 radical (unpaired) electrons. The standard InChI is InChI=1S/C19H15F3N4O2/c1-10-3-6-15(28-2)14(7-10)26-19-23-8-11(9-24-19)18(27)25-13-5-4-12(20)16(21)17(13)22/h3-9H,1-2H3,(H,25,27)(H,23,24,26). The Morgan fingerprint density at radius 2 is 1.71 bits per heavy atom. The third kappa shape index (κ3) is 4.03. The van der Waals surface area contributed by atoms with Crippen molar-refractivity contribution in [2.24, 2.45) is 0 Å². The predicted octanol–water partition coefficient (Wildman–Crippen LogP) is 4.21. The SMILES string of the molecule is COc1ccc(C)cc1Nc1ncc(C(=O)Nc2ccc(F)c(F)c2F)cn1. The molecule has 0 fully saturated rings. The molecule has 0 aliphatic carbocycles. The Kier molecular flexibility index (Phi) is 5.44. The molecule has 0 unspecified atom stereocenters. The van der Waals surface area contributed by atoms with Gasteiger partial charge in [0, 0.05) is 12.4 Å². The number of hydrogen-bond acceptors (Lipinski definition) is 5. The Labute approximate surface area is 158 Å². The monoisotopic (exact) mass is 388 g/mol. The number of aryl methyl sites for hydroxylation is 1. The molecule has 1 aromatic heterocycles. The van der Waals surface area contributed by atoms with Crippen molar-refractivity contribution in [2.45, 2.75) is 6.92 Å². The molecule has 144 valence electrons. The molecule has 2 N–H and O–H groups in total. The molecule has 0 aliphatic heterocycles. The number of hydrogen-bond donors (Lipinski definition) is 2.